The molecule has 78 valence electrons. The van der Waals surface area contributed by atoms with Gasteiger partial charge in [-0.2, -0.15) is 5.26 Å². The van der Waals surface area contributed by atoms with Gasteiger partial charge in [-0.1, -0.05) is 0 Å². The van der Waals surface area contributed by atoms with Gasteiger partial charge in [0.25, 0.3) is 5.69 Å². The van der Waals surface area contributed by atoms with Crippen molar-refractivity contribution < 1.29 is 9.66 Å². The van der Waals surface area contributed by atoms with E-state index in [0.29, 0.717) is 15.8 Å². The summed E-state index contributed by atoms with van der Waals surface area (Å²) in [7, 11) is 1.46. The van der Waals surface area contributed by atoms with Gasteiger partial charge in [-0.25, -0.2) is 0 Å². The Labute approximate surface area is 94.6 Å². The highest BCUT2D eigenvalue weighted by molar-refractivity contribution is 9.10. The third kappa shape index (κ3) is 2.44. The van der Waals surface area contributed by atoms with Crippen LogP contribution in [0.5, 0.6) is 5.75 Å². The topological polar surface area (TPSA) is 76.2 Å². The summed E-state index contributed by atoms with van der Waals surface area (Å²) < 4.78 is 5.49. The van der Waals surface area contributed by atoms with Crippen LogP contribution in [-0.2, 0) is 6.42 Å². The molecule has 1 rings (SSSR count). The number of nitro groups is 1. The third-order valence-electron chi connectivity index (χ3n) is 1.82. The Morgan fingerprint density at radius 1 is 1.67 bits per heavy atom. The van der Waals surface area contributed by atoms with Gasteiger partial charge < -0.3 is 4.74 Å². The van der Waals surface area contributed by atoms with Crippen LogP contribution in [-0.4, -0.2) is 12.0 Å². The first-order valence-electron chi connectivity index (χ1n) is 3.98. The lowest BCUT2D eigenvalue weighted by molar-refractivity contribution is -0.385. The first-order valence-corrected chi connectivity index (χ1v) is 4.77. The molecule has 5 nitrogen and oxygen atoms in total. The Kier molecular flexibility index (Phi) is 3.63. The van der Waals surface area contributed by atoms with Crippen molar-refractivity contribution in [3.05, 3.63) is 32.3 Å². The van der Waals surface area contributed by atoms with Crippen LogP contribution < -0.4 is 4.74 Å². The molecule has 1 aromatic carbocycles. The van der Waals surface area contributed by atoms with E-state index in [9.17, 15) is 10.1 Å². The van der Waals surface area contributed by atoms with Crippen molar-refractivity contribution in [2.24, 2.45) is 0 Å². The third-order valence-corrected chi connectivity index (χ3v) is 2.44. The molecule has 0 atom stereocenters. The fourth-order valence-electron chi connectivity index (χ4n) is 1.14. The second-order valence-corrected chi connectivity index (χ2v) is 3.56. The number of hydrogen-bond acceptors (Lipinski definition) is 4. The lowest BCUT2D eigenvalue weighted by atomic mass is 10.1. The molecule has 1 aromatic rings. The maximum absolute atomic E-state index is 10.7. The quantitative estimate of drug-likeness (QED) is 0.624. The van der Waals surface area contributed by atoms with Crippen LogP contribution in [0, 0.1) is 21.4 Å². The largest absolute Gasteiger partial charge is 0.496 e. The van der Waals surface area contributed by atoms with E-state index in [-0.39, 0.29) is 12.1 Å². The van der Waals surface area contributed by atoms with Crippen LogP contribution in [0.3, 0.4) is 0 Å². The number of nitro benzene ring substituents is 1. The first kappa shape index (κ1) is 11.5. The molecule has 0 aromatic heterocycles. The molecule has 15 heavy (non-hydrogen) atoms. The van der Waals surface area contributed by atoms with Gasteiger partial charge in [0.1, 0.15) is 5.75 Å². The van der Waals surface area contributed by atoms with E-state index >= 15 is 0 Å². The highest BCUT2D eigenvalue weighted by Crippen LogP contribution is 2.32. The predicted molar refractivity (Wildman–Crippen MR) is 56.7 cm³/mol. The maximum Gasteiger partial charge on any atom is 0.275 e. The van der Waals surface area contributed by atoms with Crippen LogP contribution in [0.1, 0.15) is 5.56 Å². The summed E-state index contributed by atoms with van der Waals surface area (Å²) in [6.45, 7) is 0. The number of ether oxygens (including phenoxy) is 1. The highest BCUT2D eigenvalue weighted by Gasteiger charge is 2.17. The number of halogens is 1. The molecule has 0 heterocycles. The smallest absolute Gasteiger partial charge is 0.275 e. The van der Waals surface area contributed by atoms with Crippen molar-refractivity contribution in [3.63, 3.8) is 0 Å². The second-order valence-electron chi connectivity index (χ2n) is 2.71. The normalized spacial score (nSPS) is 9.40. The van der Waals surface area contributed by atoms with Crippen molar-refractivity contribution >= 4 is 21.6 Å². The molecule has 0 aliphatic carbocycles. The summed E-state index contributed by atoms with van der Waals surface area (Å²) in [6, 6.07) is 4.71. The zero-order chi connectivity index (χ0) is 11.4. The maximum atomic E-state index is 10.7. The van der Waals surface area contributed by atoms with Gasteiger partial charge in [0, 0.05) is 11.6 Å². The molecule has 0 saturated heterocycles. The minimum absolute atomic E-state index is 0.0139. The van der Waals surface area contributed by atoms with E-state index in [2.05, 4.69) is 15.9 Å². The van der Waals surface area contributed by atoms with E-state index < -0.39 is 4.92 Å². The van der Waals surface area contributed by atoms with Gasteiger partial charge in [-0.05, 0) is 22.0 Å². The summed E-state index contributed by atoms with van der Waals surface area (Å²) in [4.78, 5) is 10.2. The highest BCUT2D eigenvalue weighted by atomic mass is 79.9. The van der Waals surface area contributed by atoms with Crippen molar-refractivity contribution in [1.82, 2.24) is 0 Å². The Morgan fingerprint density at radius 2 is 2.33 bits per heavy atom. The van der Waals surface area contributed by atoms with Crippen molar-refractivity contribution in [2.75, 3.05) is 7.11 Å². The van der Waals surface area contributed by atoms with Crippen molar-refractivity contribution in [1.29, 1.82) is 5.26 Å². The number of hydrogen-bond donors (Lipinski definition) is 0. The minimum atomic E-state index is -0.517. The van der Waals surface area contributed by atoms with Crippen LogP contribution in [0.4, 0.5) is 5.69 Å². The van der Waals surface area contributed by atoms with E-state index in [1.807, 2.05) is 6.07 Å². The molecule has 0 radical (unpaired) electrons. The summed E-state index contributed by atoms with van der Waals surface area (Å²) in [5.41, 5.74) is 0.270. The van der Waals surface area contributed by atoms with Gasteiger partial charge in [-0.15, -0.1) is 0 Å². The molecule has 0 bridgehead atoms. The average molecular weight is 271 g/mol. The first-order chi connectivity index (χ1) is 7.10. The Bertz CT molecular complexity index is 440. The van der Waals surface area contributed by atoms with Crippen LogP contribution in [0.25, 0.3) is 0 Å². The number of nitriles is 1. The molecule has 0 unspecified atom stereocenters. The minimum Gasteiger partial charge on any atom is -0.496 e. The molecule has 0 amide bonds. The van der Waals surface area contributed by atoms with Gasteiger partial charge in [-0.3, -0.25) is 10.1 Å². The molecule has 0 saturated carbocycles. The van der Waals surface area contributed by atoms with Crippen LogP contribution in [0.2, 0.25) is 0 Å². The molecule has 0 aliphatic rings. The lowest BCUT2D eigenvalue weighted by Crippen LogP contribution is -1.96. The number of rotatable bonds is 3. The van der Waals surface area contributed by atoms with Crippen molar-refractivity contribution in [3.8, 4) is 11.8 Å². The molecular weight excluding hydrogens is 264 g/mol. The molecule has 0 N–H and O–H groups in total. The van der Waals surface area contributed by atoms with Crippen LogP contribution >= 0.6 is 15.9 Å². The van der Waals surface area contributed by atoms with Gasteiger partial charge in [0.05, 0.1) is 29.0 Å². The summed E-state index contributed by atoms with van der Waals surface area (Å²) in [5, 5.41) is 19.2. The SMILES string of the molecule is COc1cc(CC#N)c([N+](=O)[O-])cc1Br. The summed E-state index contributed by atoms with van der Waals surface area (Å²) in [5.74, 6) is 0.478. The number of benzene rings is 1. The van der Waals surface area contributed by atoms with E-state index in [4.69, 9.17) is 10.00 Å². The van der Waals surface area contributed by atoms with Crippen LogP contribution in [0.15, 0.2) is 16.6 Å². The Balaban J connectivity index is 3.33. The standard InChI is InChI=1S/C9H7BrN2O3/c1-15-9-4-6(2-3-11)8(12(13)14)5-7(9)10/h4-5H,2H2,1H3. The van der Waals surface area contributed by atoms with E-state index in [0.717, 1.165) is 0 Å². The fraction of sp³-hybridized carbons (Fsp3) is 0.222. The van der Waals surface area contributed by atoms with Gasteiger partial charge in [0.15, 0.2) is 0 Å². The predicted octanol–water partition coefficient (Wildman–Crippen LogP) is 2.43. The molecular formula is C9H7BrN2O3. The molecule has 6 heteroatoms. The monoisotopic (exact) mass is 270 g/mol. The lowest BCUT2D eigenvalue weighted by Gasteiger charge is -2.05. The van der Waals surface area contributed by atoms with E-state index in [1.54, 1.807) is 0 Å². The zero-order valence-electron chi connectivity index (χ0n) is 7.86. The van der Waals surface area contributed by atoms with Gasteiger partial charge in [0.2, 0.25) is 0 Å². The van der Waals surface area contributed by atoms with Gasteiger partial charge >= 0.3 is 0 Å². The summed E-state index contributed by atoms with van der Waals surface area (Å²) >= 11 is 3.15. The second kappa shape index (κ2) is 4.75. The average Bonchev–Trinajstić information content (AvgIpc) is 2.20. The molecule has 0 aliphatic heterocycles. The van der Waals surface area contributed by atoms with Crippen molar-refractivity contribution in [2.45, 2.75) is 6.42 Å². The molecule has 0 fully saturated rings. The van der Waals surface area contributed by atoms with E-state index in [1.165, 1.54) is 19.2 Å². The Hall–Kier alpha value is -1.61. The number of nitrogens with zero attached hydrogens (tertiary/aromatic N) is 2. The fourth-order valence-corrected chi connectivity index (χ4v) is 1.63. The summed E-state index contributed by atoms with van der Waals surface area (Å²) in [6.07, 6.45) is -0.0139. The zero-order valence-corrected chi connectivity index (χ0v) is 9.44. The molecule has 0 spiro atoms. The Morgan fingerprint density at radius 3 is 2.80 bits per heavy atom. The number of methoxy groups -OCH3 is 1.